The van der Waals surface area contributed by atoms with E-state index in [1.54, 1.807) is 12.5 Å². The maximum atomic E-state index is 5.25. The average Bonchev–Trinajstić information content (AvgIpc) is 3.16. The van der Waals surface area contributed by atoms with Crippen molar-refractivity contribution in [3.05, 3.63) is 24.4 Å². The minimum Gasteiger partial charge on any atom is -0.440 e. The van der Waals surface area contributed by atoms with Gasteiger partial charge in [-0.1, -0.05) is 6.92 Å². The minimum atomic E-state index is 0.535. The van der Waals surface area contributed by atoms with Gasteiger partial charge in [0.2, 0.25) is 0 Å². The number of hydrogen-bond acceptors (Lipinski definition) is 6. The Morgan fingerprint density at radius 3 is 3.00 bits per heavy atom. The molecule has 2 aromatic rings. The standard InChI is InChI=1S/C13H16N4OS/c1-2-5-14-10-8-11(19-13-15-6-7-18-13)17-12(16-10)9-3-4-9/h6-9H,2-5H2,1H3,(H,14,16,17). The Morgan fingerprint density at radius 1 is 1.42 bits per heavy atom. The van der Waals surface area contributed by atoms with Crippen molar-refractivity contribution in [1.82, 2.24) is 15.0 Å². The number of anilines is 1. The molecule has 1 fully saturated rings. The van der Waals surface area contributed by atoms with Gasteiger partial charge in [0.15, 0.2) is 0 Å². The molecule has 2 heterocycles. The van der Waals surface area contributed by atoms with Gasteiger partial charge in [-0.2, -0.15) is 0 Å². The quantitative estimate of drug-likeness (QED) is 0.817. The summed E-state index contributed by atoms with van der Waals surface area (Å²) in [6.07, 6.45) is 6.68. The summed E-state index contributed by atoms with van der Waals surface area (Å²) in [4.78, 5) is 13.3. The van der Waals surface area contributed by atoms with Gasteiger partial charge in [0, 0.05) is 18.5 Å². The molecule has 0 spiro atoms. The molecule has 5 nitrogen and oxygen atoms in total. The Bertz CT molecular complexity index is 540. The Morgan fingerprint density at radius 2 is 2.32 bits per heavy atom. The summed E-state index contributed by atoms with van der Waals surface area (Å²) in [5, 5.41) is 4.82. The summed E-state index contributed by atoms with van der Waals surface area (Å²) in [5.41, 5.74) is 0. The van der Waals surface area contributed by atoms with E-state index in [0.29, 0.717) is 11.1 Å². The number of aromatic nitrogens is 3. The van der Waals surface area contributed by atoms with Gasteiger partial charge < -0.3 is 9.73 Å². The largest absolute Gasteiger partial charge is 0.440 e. The van der Waals surface area contributed by atoms with E-state index in [4.69, 9.17) is 4.42 Å². The highest BCUT2D eigenvalue weighted by molar-refractivity contribution is 7.99. The molecule has 1 saturated carbocycles. The van der Waals surface area contributed by atoms with Crippen molar-refractivity contribution < 1.29 is 4.42 Å². The molecule has 0 atom stereocenters. The van der Waals surface area contributed by atoms with Crippen molar-refractivity contribution in [2.45, 2.75) is 42.4 Å². The highest BCUT2D eigenvalue weighted by Crippen LogP contribution is 2.39. The van der Waals surface area contributed by atoms with E-state index in [0.717, 1.165) is 29.6 Å². The SMILES string of the molecule is CCCNc1cc(Sc2ncco2)nc(C2CC2)n1. The average molecular weight is 276 g/mol. The zero-order chi connectivity index (χ0) is 13.1. The third kappa shape index (κ3) is 3.26. The molecule has 3 rings (SSSR count). The van der Waals surface area contributed by atoms with Crippen LogP contribution in [0, 0.1) is 0 Å². The van der Waals surface area contributed by atoms with E-state index in [1.165, 1.54) is 24.6 Å². The smallest absolute Gasteiger partial charge is 0.261 e. The molecular formula is C13H16N4OS. The van der Waals surface area contributed by atoms with E-state index in [-0.39, 0.29) is 0 Å². The van der Waals surface area contributed by atoms with Gasteiger partial charge in [-0.15, -0.1) is 0 Å². The normalized spacial score (nSPS) is 14.6. The molecule has 19 heavy (non-hydrogen) atoms. The van der Waals surface area contributed by atoms with E-state index in [1.807, 2.05) is 6.07 Å². The Kier molecular flexibility index (Phi) is 3.68. The van der Waals surface area contributed by atoms with Gasteiger partial charge in [0.1, 0.15) is 22.9 Å². The van der Waals surface area contributed by atoms with Crippen molar-refractivity contribution in [3.8, 4) is 0 Å². The summed E-state index contributed by atoms with van der Waals surface area (Å²) in [5.74, 6) is 2.37. The van der Waals surface area contributed by atoms with Gasteiger partial charge in [0.05, 0.1) is 6.20 Å². The van der Waals surface area contributed by atoms with Gasteiger partial charge in [-0.3, -0.25) is 0 Å². The first-order valence-electron chi connectivity index (χ1n) is 6.55. The lowest BCUT2D eigenvalue weighted by atomic mass is 10.4. The van der Waals surface area contributed by atoms with Crippen molar-refractivity contribution >= 4 is 17.6 Å². The van der Waals surface area contributed by atoms with Gasteiger partial charge in [0.25, 0.3) is 5.22 Å². The van der Waals surface area contributed by atoms with Crippen molar-refractivity contribution in [2.24, 2.45) is 0 Å². The molecule has 0 bridgehead atoms. The number of oxazole rings is 1. The highest BCUT2D eigenvalue weighted by atomic mass is 32.2. The van der Waals surface area contributed by atoms with Gasteiger partial charge >= 0.3 is 0 Å². The molecule has 0 radical (unpaired) electrons. The van der Waals surface area contributed by atoms with Crippen LogP contribution in [0.1, 0.15) is 37.9 Å². The monoisotopic (exact) mass is 276 g/mol. The second-order valence-corrected chi connectivity index (χ2v) is 5.52. The van der Waals surface area contributed by atoms with Crippen LogP contribution >= 0.6 is 11.8 Å². The predicted octanol–water partition coefficient (Wildman–Crippen LogP) is 3.32. The molecular weight excluding hydrogens is 260 g/mol. The summed E-state index contributed by atoms with van der Waals surface area (Å²) in [6, 6.07) is 1.95. The lowest BCUT2D eigenvalue weighted by Crippen LogP contribution is -2.05. The summed E-state index contributed by atoms with van der Waals surface area (Å²) in [6.45, 7) is 3.06. The van der Waals surface area contributed by atoms with Crippen LogP contribution in [0.25, 0.3) is 0 Å². The molecule has 0 amide bonds. The molecule has 1 aliphatic rings. The lowest BCUT2D eigenvalue weighted by molar-refractivity contribution is 0.454. The van der Waals surface area contributed by atoms with Crippen LogP contribution in [0.3, 0.4) is 0 Å². The molecule has 1 aliphatic carbocycles. The van der Waals surface area contributed by atoms with Crippen LogP contribution in [-0.2, 0) is 0 Å². The Hall–Kier alpha value is -1.56. The van der Waals surface area contributed by atoms with Crippen molar-refractivity contribution in [1.29, 1.82) is 0 Å². The lowest BCUT2D eigenvalue weighted by Gasteiger charge is -2.07. The van der Waals surface area contributed by atoms with Crippen LogP contribution in [-0.4, -0.2) is 21.5 Å². The van der Waals surface area contributed by atoms with Crippen LogP contribution in [0.4, 0.5) is 5.82 Å². The molecule has 1 N–H and O–H groups in total. The Labute approximate surface area is 116 Å². The van der Waals surface area contributed by atoms with E-state index in [9.17, 15) is 0 Å². The molecule has 2 aromatic heterocycles. The summed E-state index contributed by atoms with van der Waals surface area (Å²) < 4.78 is 5.25. The molecule has 0 saturated heterocycles. The molecule has 6 heteroatoms. The number of hydrogen-bond donors (Lipinski definition) is 1. The molecule has 0 unspecified atom stereocenters. The van der Waals surface area contributed by atoms with Crippen LogP contribution in [0.15, 0.2) is 33.2 Å². The highest BCUT2D eigenvalue weighted by Gasteiger charge is 2.27. The maximum Gasteiger partial charge on any atom is 0.261 e. The number of rotatable bonds is 6. The summed E-state index contributed by atoms with van der Waals surface area (Å²) >= 11 is 1.43. The van der Waals surface area contributed by atoms with Gasteiger partial charge in [-0.05, 0) is 31.0 Å². The molecule has 100 valence electrons. The fourth-order valence-corrected chi connectivity index (χ4v) is 2.42. The first-order chi connectivity index (χ1) is 9.35. The third-order valence-electron chi connectivity index (χ3n) is 2.82. The zero-order valence-corrected chi connectivity index (χ0v) is 11.6. The first kappa shape index (κ1) is 12.5. The number of nitrogens with zero attached hydrogens (tertiary/aromatic N) is 3. The van der Waals surface area contributed by atoms with Crippen molar-refractivity contribution in [3.63, 3.8) is 0 Å². The van der Waals surface area contributed by atoms with E-state index < -0.39 is 0 Å². The topological polar surface area (TPSA) is 63.8 Å². The van der Waals surface area contributed by atoms with Crippen LogP contribution < -0.4 is 5.32 Å². The van der Waals surface area contributed by atoms with E-state index >= 15 is 0 Å². The van der Waals surface area contributed by atoms with E-state index in [2.05, 4.69) is 27.2 Å². The second-order valence-electron chi connectivity index (χ2n) is 4.55. The first-order valence-corrected chi connectivity index (χ1v) is 7.37. The van der Waals surface area contributed by atoms with Crippen LogP contribution in [0.2, 0.25) is 0 Å². The summed E-state index contributed by atoms with van der Waals surface area (Å²) in [7, 11) is 0. The molecule has 0 aromatic carbocycles. The zero-order valence-electron chi connectivity index (χ0n) is 10.8. The molecule has 0 aliphatic heterocycles. The van der Waals surface area contributed by atoms with Crippen LogP contribution in [0.5, 0.6) is 0 Å². The van der Waals surface area contributed by atoms with Crippen molar-refractivity contribution in [2.75, 3.05) is 11.9 Å². The predicted molar refractivity (Wildman–Crippen MR) is 73.4 cm³/mol. The second kappa shape index (κ2) is 5.61. The maximum absolute atomic E-state index is 5.25. The fourth-order valence-electron chi connectivity index (χ4n) is 1.71. The minimum absolute atomic E-state index is 0.535. The fraction of sp³-hybridized carbons (Fsp3) is 0.462. The number of nitrogens with one attached hydrogen (secondary N) is 1. The van der Waals surface area contributed by atoms with Gasteiger partial charge in [-0.25, -0.2) is 15.0 Å². The Balaban J connectivity index is 1.82. The third-order valence-corrected chi connectivity index (χ3v) is 3.61.